The van der Waals surface area contributed by atoms with Crippen molar-refractivity contribution in [1.82, 2.24) is 15.1 Å². The fourth-order valence-corrected chi connectivity index (χ4v) is 3.62. The molecule has 0 aliphatic heterocycles. The Balaban J connectivity index is 1.75. The predicted molar refractivity (Wildman–Crippen MR) is 109 cm³/mol. The molecule has 0 saturated carbocycles. The third kappa shape index (κ3) is 4.52. The average molecular weight is 406 g/mol. The van der Waals surface area contributed by atoms with Crippen LogP contribution in [0, 0.1) is 19.7 Å². The van der Waals surface area contributed by atoms with Gasteiger partial charge in [0.25, 0.3) is 0 Å². The number of nitrogens with one attached hydrogen (secondary N) is 1. The maximum atomic E-state index is 13.1. The molecule has 0 radical (unpaired) electrons. The van der Waals surface area contributed by atoms with Gasteiger partial charge in [0.2, 0.25) is 0 Å². The molecule has 3 nitrogen and oxygen atoms in total. The molecule has 3 aromatic rings. The first-order valence-corrected chi connectivity index (χ1v) is 9.57. The van der Waals surface area contributed by atoms with Crippen molar-refractivity contribution in [3.8, 4) is 0 Å². The molecule has 1 heterocycles. The molecule has 0 unspecified atom stereocenters. The summed E-state index contributed by atoms with van der Waals surface area (Å²) < 4.78 is 15.0. The molecule has 1 atom stereocenters. The van der Waals surface area contributed by atoms with E-state index in [1.54, 1.807) is 12.1 Å². The summed E-state index contributed by atoms with van der Waals surface area (Å²) in [5.41, 5.74) is 5.09. The van der Waals surface area contributed by atoms with Crippen LogP contribution in [0.1, 0.15) is 41.0 Å². The molecule has 0 saturated heterocycles. The number of aryl methyl sites for hydroxylation is 1. The normalized spacial score (nSPS) is 12.4. The SMILES string of the molecule is Cc1nn(Cc2c(Cl)cccc2Cl)c(C)c1CN[C@H](C)c1ccc(F)cc1. The van der Waals surface area contributed by atoms with E-state index in [4.69, 9.17) is 23.2 Å². The van der Waals surface area contributed by atoms with Gasteiger partial charge in [-0.1, -0.05) is 41.4 Å². The molecule has 0 fully saturated rings. The summed E-state index contributed by atoms with van der Waals surface area (Å²) in [5.74, 6) is -0.225. The predicted octanol–water partition coefficient (Wildman–Crippen LogP) is 5.84. The van der Waals surface area contributed by atoms with Crippen LogP contribution in [-0.2, 0) is 13.1 Å². The topological polar surface area (TPSA) is 29.9 Å². The molecular formula is C21H22Cl2FN3. The standard InChI is InChI=1S/C21H22Cl2FN3/c1-13(16-7-9-17(24)10-8-16)25-11-18-14(2)26-27(15(18)3)12-19-20(22)5-4-6-21(19)23/h4-10,13,25H,11-12H2,1-3H3/t13-/m1/s1. The van der Waals surface area contributed by atoms with Crippen molar-refractivity contribution in [3.63, 3.8) is 0 Å². The van der Waals surface area contributed by atoms with Gasteiger partial charge in [0, 0.05) is 39.5 Å². The number of hydrogen-bond acceptors (Lipinski definition) is 2. The lowest BCUT2D eigenvalue weighted by atomic mass is 10.1. The second-order valence-corrected chi connectivity index (χ2v) is 7.48. The Morgan fingerprint density at radius 1 is 1.04 bits per heavy atom. The maximum Gasteiger partial charge on any atom is 0.123 e. The molecule has 0 spiro atoms. The number of benzene rings is 2. The number of rotatable bonds is 6. The van der Waals surface area contributed by atoms with Crippen molar-refractivity contribution in [2.24, 2.45) is 0 Å². The first-order valence-electron chi connectivity index (χ1n) is 8.81. The maximum absolute atomic E-state index is 13.1. The van der Waals surface area contributed by atoms with E-state index in [-0.39, 0.29) is 11.9 Å². The van der Waals surface area contributed by atoms with Crippen molar-refractivity contribution < 1.29 is 4.39 Å². The average Bonchev–Trinajstić information content (AvgIpc) is 2.90. The molecular weight excluding hydrogens is 384 g/mol. The van der Waals surface area contributed by atoms with Crippen LogP contribution in [0.15, 0.2) is 42.5 Å². The number of nitrogens with zero attached hydrogens (tertiary/aromatic N) is 2. The third-order valence-corrected chi connectivity index (χ3v) is 5.56. The van der Waals surface area contributed by atoms with E-state index < -0.39 is 0 Å². The van der Waals surface area contributed by atoms with Crippen LogP contribution in [0.25, 0.3) is 0 Å². The molecule has 142 valence electrons. The molecule has 0 bridgehead atoms. The molecule has 3 rings (SSSR count). The van der Waals surface area contributed by atoms with Crippen LogP contribution in [0.2, 0.25) is 10.0 Å². The highest BCUT2D eigenvalue weighted by atomic mass is 35.5. The Kier molecular flexibility index (Phi) is 6.20. The van der Waals surface area contributed by atoms with Gasteiger partial charge in [-0.2, -0.15) is 5.10 Å². The fraction of sp³-hybridized carbons (Fsp3) is 0.286. The summed E-state index contributed by atoms with van der Waals surface area (Å²) in [7, 11) is 0. The van der Waals surface area contributed by atoms with Crippen LogP contribution >= 0.6 is 23.2 Å². The Hall–Kier alpha value is -1.88. The third-order valence-electron chi connectivity index (χ3n) is 4.86. The van der Waals surface area contributed by atoms with E-state index in [9.17, 15) is 4.39 Å². The van der Waals surface area contributed by atoms with E-state index in [1.807, 2.05) is 36.7 Å². The zero-order valence-electron chi connectivity index (χ0n) is 15.6. The minimum atomic E-state index is -0.225. The summed E-state index contributed by atoms with van der Waals surface area (Å²) >= 11 is 12.6. The highest BCUT2D eigenvalue weighted by Gasteiger charge is 2.15. The van der Waals surface area contributed by atoms with E-state index in [0.717, 1.165) is 28.1 Å². The van der Waals surface area contributed by atoms with Gasteiger partial charge in [0.1, 0.15) is 5.82 Å². The molecule has 6 heteroatoms. The van der Waals surface area contributed by atoms with E-state index in [1.165, 1.54) is 12.1 Å². The molecule has 0 amide bonds. The van der Waals surface area contributed by atoms with Gasteiger partial charge in [-0.3, -0.25) is 4.68 Å². The summed E-state index contributed by atoms with van der Waals surface area (Å²) in [4.78, 5) is 0. The highest BCUT2D eigenvalue weighted by molar-refractivity contribution is 6.35. The number of halogens is 3. The van der Waals surface area contributed by atoms with Crippen molar-refractivity contribution in [3.05, 3.63) is 86.4 Å². The second-order valence-electron chi connectivity index (χ2n) is 6.66. The molecule has 0 aliphatic rings. The van der Waals surface area contributed by atoms with Gasteiger partial charge in [-0.25, -0.2) is 4.39 Å². The first-order chi connectivity index (χ1) is 12.9. The summed E-state index contributed by atoms with van der Waals surface area (Å²) in [6.45, 7) is 7.30. The van der Waals surface area contributed by atoms with Gasteiger partial charge < -0.3 is 5.32 Å². The van der Waals surface area contributed by atoms with Crippen LogP contribution in [0.4, 0.5) is 4.39 Å². The molecule has 2 aromatic carbocycles. The largest absolute Gasteiger partial charge is 0.306 e. The van der Waals surface area contributed by atoms with Crippen molar-refractivity contribution in [1.29, 1.82) is 0 Å². The summed E-state index contributed by atoms with van der Waals surface area (Å²) in [6.07, 6.45) is 0. The number of hydrogen-bond donors (Lipinski definition) is 1. The van der Waals surface area contributed by atoms with E-state index >= 15 is 0 Å². The zero-order chi connectivity index (χ0) is 19.6. The van der Waals surface area contributed by atoms with Crippen LogP contribution in [0.3, 0.4) is 0 Å². The molecule has 0 aliphatic carbocycles. The smallest absolute Gasteiger partial charge is 0.123 e. The summed E-state index contributed by atoms with van der Waals surface area (Å²) in [6, 6.07) is 12.2. The zero-order valence-corrected chi connectivity index (χ0v) is 17.1. The van der Waals surface area contributed by atoms with Gasteiger partial charge in [-0.05, 0) is 50.6 Å². The Bertz CT molecular complexity index is 915. The van der Waals surface area contributed by atoms with Gasteiger partial charge >= 0.3 is 0 Å². The van der Waals surface area contributed by atoms with Gasteiger partial charge in [-0.15, -0.1) is 0 Å². The minimum absolute atomic E-state index is 0.103. The molecule has 27 heavy (non-hydrogen) atoms. The second kappa shape index (κ2) is 8.42. The van der Waals surface area contributed by atoms with E-state index in [2.05, 4.69) is 17.3 Å². The lowest BCUT2D eigenvalue weighted by Crippen LogP contribution is -2.19. The Morgan fingerprint density at radius 2 is 1.67 bits per heavy atom. The quantitative estimate of drug-likeness (QED) is 0.557. The lowest BCUT2D eigenvalue weighted by Gasteiger charge is -2.15. The Labute approximate surface area is 169 Å². The molecule has 1 N–H and O–H groups in total. The monoisotopic (exact) mass is 405 g/mol. The Morgan fingerprint density at radius 3 is 2.30 bits per heavy atom. The summed E-state index contributed by atoms with van der Waals surface area (Å²) in [5, 5.41) is 9.43. The number of aromatic nitrogens is 2. The van der Waals surface area contributed by atoms with Crippen molar-refractivity contribution in [2.45, 2.75) is 39.9 Å². The van der Waals surface area contributed by atoms with Gasteiger partial charge in [0.05, 0.1) is 12.2 Å². The van der Waals surface area contributed by atoms with Crippen LogP contribution < -0.4 is 5.32 Å². The highest BCUT2D eigenvalue weighted by Crippen LogP contribution is 2.26. The van der Waals surface area contributed by atoms with Crippen LogP contribution in [-0.4, -0.2) is 9.78 Å². The lowest BCUT2D eigenvalue weighted by molar-refractivity contribution is 0.567. The molecule has 1 aromatic heterocycles. The fourth-order valence-electron chi connectivity index (χ4n) is 3.10. The van der Waals surface area contributed by atoms with Crippen molar-refractivity contribution >= 4 is 23.2 Å². The minimum Gasteiger partial charge on any atom is -0.306 e. The van der Waals surface area contributed by atoms with E-state index in [0.29, 0.717) is 23.1 Å². The van der Waals surface area contributed by atoms with Gasteiger partial charge in [0.15, 0.2) is 0 Å². The van der Waals surface area contributed by atoms with Crippen molar-refractivity contribution in [2.75, 3.05) is 0 Å². The first kappa shape index (κ1) is 19.9. The van der Waals surface area contributed by atoms with Crippen LogP contribution in [0.5, 0.6) is 0 Å².